The summed E-state index contributed by atoms with van der Waals surface area (Å²) >= 11 is 0. The summed E-state index contributed by atoms with van der Waals surface area (Å²) in [7, 11) is 0. The van der Waals surface area contributed by atoms with E-state index in [0.29, 0.717) is 12.4 Å². The van der Waals surface area contributed by atoms with E-state index >= 15 is 0 Å². The summed E-state index contributed by atoms with van der Waals surface area (Å²) < 4.78 is 41.5. The van der Waals surface area contributed by atoms with Gasteiger partial charge in [-0.2, -0.15) is 13.2 Å². The highest BCUT2D eigenvalue weighted by atomic mass is 19.4. The Morgan fingerprint density at radius 1 is 1.47 bits per heavy atom. The predicted molar refractivity (Wildman–Crippen MR) is 62.0 cm³/mol. The maximum absolute atomic E-state index is 12.1. The first-order valence-electron chi connectivity index (χ1n) is 5.59. The zero-order valence-electron chi connectivity index (χ0n) is 10.2. The van der Waals surface area contributed by atoms with E-state index in [1.807, 2.05) is 5.32 Å². The maximum Gasteiger partial charge on any atom is 0.401 e. The molecule has 0 fully saturated rings. The minimum atomic E-state index is -4.47. The van der Waals surface area contributed by atoms with Crippen molar-refractivity contribution in [3.8, 4) is 5.75 Å². The molecule has 0 radical (unpaired) electrons. The van der Waals surface area contributed by atoms with Gasteiger partial charge in [-0.15, -0.1) is 0 Å². The monoisotopic (exact) mass is 277 g/mol. The van der Waals surface area contributed by atoms with Crippen LogP contribution in [0.25, 0.3) is 0 Å². The van der Waals surface area contributed by atoms with E-state index in [0.717, 1.165) is 0 Å². The number of nitrogens with one attached hydrogen (secondary N) is 1. The number of ether oxygens (including phenoxy) is 1. The number of benzene rings is 1. The number of aliphatic carboxylic acids is 1. The van der Waals surface area contributed by atoms with Crippen LogP contribution in [0.5, 0.6) is 5.75 Å². The topological polar surface area (TPSA) is 58.6 Å². The number of halogens is 3. The number of carboxylic acid groups (broad SMARTS) is 1. The number of hydrogen-bond donors (Lipinski definition) is 2. The van der Waals surface area contributed by atoms with E-state index in [1.165, 1.54) is 18.2 Å². The van der Waals surface area contributed by atoms with E-state index in [4.69, 9.17) is 9.84 Å². The largest absolute Gasteiger partial charge is 0.494 e. The van der Waals surface area contributed by atoms with Gasteiger partial charge in [-0.3, -0.25) is 10.1 Å². The Bertz CT molecular complexity index is 434. The molecule has 0 amide bonds. The molecule has 1 aromatic rings. The summed E-state index contributed by atoms with van der Waals surface area (Å²) in [6.07, 6.45) is -4.47. The van der Waals surface area contributed by atoms with Crippen LogP contribution in [0.2, 0.25) is 0 Å². The Hall–Kier alpha value is -1.76. The van der Waals surface area contributed by atoms with Crippen LogP contribution in [0, 0.1) is 0 Å². The van der Waals surface area contributed by atoms with E-state index in [-0.39, 0.29) is 5.56 Å². The molecule has 0 heterocycles. The molecule has 0 bridgehead atoms. The predicted octanol–water partition coefficient (Wildman–Crippen LogP) is 2.36. The maximum atomic E-state index is 12.1. The zero-order valence-corrected chi connectivity index (χ0v) is 10.2. The molecular weight excluding hydrogens is 263 g/mol. The Kier molecular flexibility index (Phi) is 5.17. The summed E-state index contributed by atoms with van der Waals surface area (Å²) in [5, 5.41) is 10.9. The van der Waals surface area contributed by atoms with Crippen molar-refractivity contribution < 1.29 is 27.8 Å². The fraction of sp³-hybridized carbons (Fsp3) is 0.417. The molecule has 0 aliphatic heterocycles. The fourth-order valence-corrected chi connectivity index (χ4v) is 1.52. The number of alkyl halides is 3. The van der Waals surface area contributed by atoms with Crippen LogP contribution >= 0.6 is 0 Å². The van der Waals surface area contributed by atoms with Gasteiger partial charge in [-0.25, -0.2) is 0 Å². The standard InChI is InChI=1S/C12H14F3NO3/c1-2-19-9-5-3-4-8(6-9)10(11(17)18)16-7-12(13,14)15/h3-6,10,16H,2,7H2,1H3,(H,17,18). The average Bonchev–Trinajstić information content (AvgIpc) is 2.28. The van der Waals surface area contributed by atoms with Crippen molar-refractivity contribution in [2.24, 2.45) is 0 Å². The van der Waals surface area contributed by atoms with Gasteiger partial charge in [0.2, 0.25) is 0 Å². The molecule has 4 nitrogen and oxygen atoms in total. The van der Waals surface area contributed by atoms with Gasteiger partial charge in [0, 0.05) is 0 Å². The number of carbonyl (C=O) groups is 1. The van der Waals surface area contributed by atoms with Crippen molar-refractivity contribution in [1.29, 1.82) is 0 Å². The highest BCUT2D eigenvalue weighted by molar-refractivity contribution is 5.75. The number of carboxylic acids is 1. The molecule has 1 atom stereocenters. The van der Waals surface area contributed by atoms with Crippen LogP contribution in [0.1, 0.15) is 18.5 Å². The second kappa shape index (κ2) is 6.42. The van der Waals surface area contributed by atoms with Crippen LogP contribution in [-0.4, -0.2) is 30.4 Å². The molecule has 1 unspecified atom stereocenters. The first-order valence-corrected chi connectivity index (χ1v) is 5.59. The summed E-state index contributed by atoms with van der Waals surface area (Å²) in [6, 6.07) is 4.56. The van der Waals surface area contributed by atoms with Gasteiger partial charge in [0.25, 0.3) is 0 Å². The van der Waals surface area contributed by atoms with Crippen LogP contribution < -0.4 is 10.1 Å². The van der Waals surface area contributed by atoms with Crippen LogP contribution in [0.4, 0.5) is 13.2 Å². The minimum absolute atomic E-state index is 0.211. The van der Waals surface area contributed by atoms with Gasteiger partial charge < -0.3 is 9.84 Å². The first-order chi connectivity index (χ1) is 8.83. The van der Waals surface area contributed by atoms with E-state index < -0.39 is 24.7 Å². The second-order valence-corrected chi connectivity index (χ2v) is 3.77. The molecule has 7 heteroatoms. The number of rotatable bonds is 6. The highest BCUT2D eigenvalue weighted by Gasteiger charge is 2.30. The molecule has 0 saturated heterocycles. The minimum Gasteiger partial charge on any atom is -0.494 e. The van der Waals surface area contributed by atoms with Crippen molar-refractivity contribution in [1.82, 2.24) is 5.32 Å². The Labute approximate surface area is 108 Å². The van der Waals surface area contributed by atoms with Crippen LogP contribution in [0.3, 0.4) is 0 Å². The summed E-state index contributed by atoms with van der Waals surface area (Å²) in [5.41, 5.74) is 0.211. The molecule has 0 spiro atoms. The van der Waals surface area contributed by atoms with E-state index in [9.17, 15) is 18.0 Å². The van der Waals surface area contributed by atoms with Crippen LogP contribution in [-0.2, 0) is 4.79 Å². The van der Waals surface area contributed by atoms with Crippen molar-refractivity contribution in [2.45, 2.75) is 19.1 Å². The van der Waals surface area contributed by atoms with Crippen molar-refractivity contribution in [3.63, 3.8) is 0 Å². The lowest BCUT2D eigenvalue weighted by Gasteiger charge is -2.17. The third kappa shape index (κ3) is 5.17. The van der Waals surface area contributed by atoms with Gasteiger partial charge in [0.05, 0.1) is 13.2 Å². The molecule has 2 N–H and O–H groups in total. The van der Waals surface area contributed by atoms with Gasteiger partial charge in [0.15, 0.2) is 0 Å². The summed E-state index contributed by atoms with van der Waals surface area (Å²) in [5.74, 6) is -0.960. The number of hydrogen-bond acceptors (Lipinski definition) is 3. The molecule has 0 aliphatic carbocycles. The quantitative estimate of drug-likeness (QED) is 0.838. The first kappa shape index (κ1) is 15.3. The lowest BCUT2D eigenvalue weighted by molar-refractivity contribution is -0.143. The van der Waals surface area contributed by atoms with Crippen molar-refractivity contribution >= 4 is 5.97 Å². The molecule has 0 aliphatic rings. The summed E-state index contributed by atoms with van der Waals surface area (Å²) in [6.45, 7) is 0.767. The van der Waals surface area contributed by atoms with E-state index in [1.54, 1.807) is 13.0 Å². The Morgan fingerprint density at radius 2 is 2.16 bits per heavy atom. The Morgan fingerprint density at radius 3 is 2.68 bits per heavy atom. The van der Waals surface area contributed by atoms with Gasteiger partial charge in [0.1, 0.15) is 11.8 Å². The Balaban J connectivity index is 2.86. The SMILES string of the molecule is CCOc1cccc(C(NCC(F)(F)F)C(=O)O)c1. The third-order valence-electron chi connectivity index (χ3n) is 2.26. The second-order valence-electron chi connectivity index (χ2n) is 3.77. The van der Waals surface area contributed by atoms with E-state index in [2.05, 4.69) is 0 Å². The zero-order chi connectivity index (χ0) is 14.5. The molecule has 19 heavy (non-hydrogen) atoms. The molecule has 1 rings (SSSR count). The van der Waals surface area contributed by atoms with Crippen molar-refractivity contribution in [2.75, 3.05) is 13.2 Å². The lowest BCUT2D eigenvalue weighted by Crippen LogP contribution is -2.36. The van der Waals surface area contributed by atoms with Crippen molar-refractivity contribution in [3.05, 3.63) is 29.8 Å². The fourth-order valence-electron chi connectivity index (χ4n) is 1.52. The molecule has 0 aromatic heterocycles. The molecule has 106 valence electrons. The average molecular weight is 277 g/mol. The molecule has 0 saturated carbocycles. The molecular formula is C12H14F3NO3. The normalized spacial score (nSPS) is 13.1. The van der Waals surface area contributed by atoms with Gasteiger partial charge in [-0.05, 0) is 24.6 Å². The van der Waals surface area contributed by atoms with Crippen LogP contribution in [0.15, 0.2) is 24.3 Å². The molecule has 1 aromatic carbocycles. The third-order valence-corrected chi connectivity index (χ3v) is 2.26. The lowest BCUT2D eigenvalue weighted by atomic mass is 10.1. The highest BCUT2D eigenvalue weighted by Crippen LogP contribution is 2.21. The van der Waals surface area contributed by atoms with Gasteiger partial charge in [-0.1, -0.05) is 12.1 Å². The summed E-state index contributed by atoms with van der Waals surface area (Å²) in [4.78, 5) is 11.0. The smallest absolute Gasteiger partial charge is 0.401 e. The van der Waals surface area contributed by atoms with Gasteiger partial charge >= 0.3 is 12.1 Å².